The summed E-state index contributed by atoms with van der Waals surface area (Å²) in [7, 11) is 1.61. The zero-order chi connectivity index (χ0) is 15.1. The quantitative estimate of drug-likeness (QED) is 0.616. The Hall–Kier alpha value is -2.26. The van der Waals surface area contributed by atoms with E-state index >= 15 is 0 Å². The van der Waals surface area contributed by atoms with Crippen molar-refractivity contribution in [2.24, 2.45) is 0 Å². The molecule has 0 saturated heterocycles. The number of halogens is 1. The van der Waals surface area contributed by atoms with Gasteiger partial charge in [-0.2, -0.15) is 0 Å². The lowest BCUT2D eigenvalue weighted by Gasteiger charge is -2.04. The minimum Gasteiger partial charge on any atom is -0.497 e. The highest BCUT2D eigenvalue weighted by atomic mass is 35.5. The number of carbonyl (C=O) groups is 1. The number of ether oxygens (including phenoxy) is 2. The maximum atomic E-state index is 11.6. The molecule has 0 unspecified atom stereocenters. The lowest BCUT2D eigenvalue weighted by Crippen LogP contribution is -2.01. The topological polar surface area (TPSA) is 35.5 Å². The summed E-state index contributed by atoms with van der Waals surface area (Å²) in [6.45, 7) is 0.158. The lowest BCUT2D eigenvalue weighted by atomic mass is 10.2. The molecule has 3 nitrogen and oxygen atoms in total. The molecule has 0 heterocycles. The van der Waals surface area contributed by atoms with Gasteiger partial charge in [-0.05, 0) is 29.8 Å². The van der Waals surface area contributed by atoms with Crippen LogP contribution in [0.1, 0.15) is 11.1 Å². The third kappa shape index (κ3) is 4.65. The number of hydrogen-bond donors (Lipinski definition) is 0. The van der Waals surface area contributed by atoms with Gasteiger partial charge in [0.05, 0.1) is 7.11 Å². The molecule has 0 radical (unpaired) electrons. The van der Waals surface area contributed by atoms with Crippen LogP contribution in [0.2, 0.25) is 5.02 Å². The molecule has 0 bridgehead atoms. The maximum absolute atomic E-state index is 11.6. The Morgan fingerprint density at radius 3 is 2.52 bits per heavy atom. The lowest BCUT2D eigenvalue weighted by molar-refractivity contribution is -0.138. The van der Waals surface area contributed by atoms with E-state index < -0.39 is 5.97 Å². The zero-order valence-electron chi connectivity index (χ0n) is 11.6. The molecule has 21 heavy (non-hydrogen) atoms. The number of methoxy groups -OCH3 is 1. The highest BCUT2D eigenvalue weighted by Gasteiger charge is 2.02. The first-order chi connectivity index (χ1) is 10.2. The largest absolute Gasteiger partial charge is 0.497 e. The summed E-state index contributed by atoms with van der Waals surface area (Å²) in [5.74, 6) is 0.360. The zero-order valence-corrected chi connectivity index (χ0v) is 12.3. The van der Waals surface area contributed by atoms with Crippen LogP contribution in [0.25, 0.3) is 6.08 Å². The van der Waals surface area contributed by atoms with E-state index in [1.54, 1.807) is 19.3 Å². The Morgan fingerprint density at radius 1 is 1.14 bits per heavy atom. The molecule has 0 amide bonds. The molecule has 0 N–H and O–H groups in total. The van der Waals surface area contributed by atoms with Crippen LogP contribution < -0.4 is 4.74 Å². The summed E-state index contributed by atoms with van der Waals surface area (Å²) in [5, 5.41) is 0.587. The smallest absolute Gasteiger partial charge is 0.331 e. The molecule has 108 valence electrons. The van der Waals surface area contributed by atoms with Crippen LogP contribution in [-0.2, 0) is 16.1 Å². The van der Waals surface area contributed by atoms with Gasteiger partial charge in [-0.25, -0.2) is 4.79 Å². The van der Waals surface area contributed by atoms with Crippen molar-refractivity contribution in [2.75, 3.05) is 7.11 Å². The normalized spacial score (nSPS) is 10.6. The van der Waals surface area contributed by atoms with Crippen molar-refractivity contribution in [3.63, 3.8) is 0 Å². The van der Waals surface area contributed by atoms with Gasteiger partial charge in [0.25, 0.3) is 0 Å². The minimum absolute atomic E-state index is 0.158. The minimum atomic E-state index is -0.411. The molecule has 0 saturated carbocycles. The fraction of sp³-hybridized carbons (Fsp3) is 0.118. The summed E-state index contributed by atoms with van der Waals surface area (Å²) in [4.78, 5) is 11.6. The van der Waals surface area contributed by atoms with E-state index in [-0.39, 0.29) is 6.61 Å². The van der Waals surface area contributed by atoms with Crippen LogP contribution in [0.4, 0.5) is 0 Å². The van der Waals surface area contributed by atoms with Crippen molar-refractivity contribution >= 4 is 23.6 Å². The fourth-order valence-corrected chi connectivity index (χ4v) is 1.88. The molecule has 0 atom stereocenters. The van der Waals surface area contributed by atoms with Gasteiger partial charge in [0.15, 0.2) is 0 Å². The molecule has 2 rings (SSSR count). The Bertz CT molecular complexity index is 633. The number of carbonyl (C=O) groups excluding carboxylic acids is 1. The average molecular weight is 303 g/mol. The van der Waals surface area contributed by atoms with Crippen molar-refractivity contribution in [1.29, 1.82) is 0 Å². The van der Waals surface area contributed by atoms with Crippen LogP contribution in [0.5, 0.6) is 5.75 Å². The highest BCUT2D eigenvalue weighted by molar-refractivity contribution is 6.31. The molecule has 2 aromatic rings. The van der Waals surface area contributed by atoms with Gasteiger partial charge in [0.2, 0.25) is 0 Å². The predicted octanol–water partition coefficient (Wildman–Crippen LogP) is 4.11. The molecule has 0 fully saturated rings. The number of rotatable bonds is 5. The van der Waals surface area contributed by atoms with Crippen LogP contribution in [0.3, 0.4) is 0 Å². The van der Waals surface area contributed by atoms with Gasteiger partial charge in [-0.3, -0.25) is 0 Å². The third-order valence-electron chi connectivity index (χ3n) is 2.86. The molecular weight excluding hydrogens is 288 g/mol. The SMILES string of the molecule is COc1ccc(C=CC(=O)OCc2ccccc2Cl)cc1. The highest BCUT2D eigenvalue weighted by Crippen LogP contribution is 2.16. The van der Waals surface area contributed by atoms with E-state index in [9.17, 15) is 4.79 Å². The Kier molecular flexibility index (Phi) is 5.41. The van der Waals surface area contributed by atoms with E-state index in [1.165, 1.54) is 6.08 Å². The summed E-state index contributed by atoms with van der Waals surface area (Å²) in [6, 6.07) is 14.6. The summed E-state index contributed by atoms with van der Waals surface area (Å²) >= 11 is 5.99. The van der Waals surface area contributed by atoms with Gasteiger partial charge in [-0.15, -0.1) is 0 Å². The molecule has 0 aromatic heterocycles. The number of esters is 1. The second kappa shape index (κ2) is 7.50. The predicted molar refractivity (Wildman–Crippen MR) is 83.3 cm³/mol. The molecule has 0 aliphatic heterocycles. The molecule has 2 aromatic carbocycles. The molecule has 4 heteroatoms. The first kappa shape index (κ1) is 15.1. The Balaban J connectivity index is 1.89. The van der Waals surface area contributed by atoms with E-state index in [4.69, 9.17) is 21.1 Å². The van der Waals surface area contributed by atoms with Crippen LogP contribution in [0, 0.1) is 0 Å². The Labute approximate surface area is 128 Å². The third-order valence-corrected chi connectivity index (χ3v) is 3.22. The number of benzene rings is 2. The second-order valence-electron chi connectivity index (χ2n) is 4.31. The van der Waals surface area contributed by atoms with Crippen LogP contribution in [-0.4, -0.2) is 13.1 Å². The van der Waals surface area contributed by atoms with Gasteiger partial charge in [-0.1, -0.05) is 41.9 Å². The summed E-state index contributed by atoms with van der Waals surface area (Å²) < 4.78 is 10.2. The summed E-state index contributed by atoms with van der Waals surface area (Å²) in [5.41, 5.74) is 1.68. The standard InChI is InChI=1S/C17H15ClO3/c1-20-15-9-6-13(7-10-15)8-11-17(19)21-12-14-4-2-3-5-16(14)18/h2-11H,12H2,1H3. The van der Waals surface area contributed by atoms with Crippen molar-refractivity contribution in [1.82, 2.24) is 0 Å². The van der Waals surface area contributed by atoms with E-state index in [0.29, 0.717) is 5.02 Å². The first-order valence-corrected chi connectivity index (χ1v) is 6.79. The van der Waals surface area contributed by atoms with Crippen LogP contribution >= 0.6 is 11.6 Å². The maximum Gasteiger partial charge on any atom is 0.331 e. The van der Waals surface area contributed by atoms with E-state index in [1.807, 2.05) is 42.5 Å². The van der Waals surface area contributed by atoms with Gasteiger partial charge in [0, 0.05) is 16.7 Å². The van der Waals surface area contributed by atoms with Crippen molar-refractivity contribution in [3.05, 3.63) is 70.8 Å². The molecule has 0 aliphatic carbocycles. The molecular formula is C17H15ClO3. The van der Waals surface area contributed by atoms with E-state index in [2.05, 4.69) is 0 Å². The van der Waals surface area contributed by atoms with E-state index in [0.717, 1.165) is 16.9 Å². The van der Waals surface area contributed by atoms with Crippen molar-refractivity contribution in [3.8, 4) is 5.75 Å². The average Bonchev–Trinajstić information content (AvgIpc) is 2.52. The van der Waals surface area contributed by atoms with Crippen LogP contribution in [0.15, 0.2) is 54.6 Å². The molecule has 0 aliphatic rings. The number of hydrogen-bond acceptors (Lipinski definition) is 3. The first-order valence-electron chi connectivity index (χ1n) is 6.41. The van der Waals surface area contributed by atoms with Gasteiger partial charge in [0.1, 0.15) is 12.4 Å². The monoisotopic (exact) mass is 302 g/mol. The molecule has 0 spiro atoms. The van der Waals surface area contributed by atoms with Crippen molar-refractivity contribution < 1.29 is 14.3 Å². The second-order valence-corrected chi connectivity index (χ2v) is 4.71. The van der Waals surface area contributed by atoms with Gasteiger partial charge < -0.3 is 9.47 Å². The van der Waals surface area contributed by atoms with Crippen molar-refractivity contribution in [2.45, 2.75) is 6.61 Å². The fourth-order valence-electron chi connectivity index (χ4n) is 1.69. The Morgan fingerprint density at radius 2 is 1.86 bits per heavy atom. The summed E-state index contributed by atoms with van der Waals surface area (Å²) in [6.07, 6.45) is 3.08. The van der Waals surface area contributed by atoms with Gasteiger partial charge >= 0.3 is 5.97 Å².